The average molecular weight is 322 g/mol. The van der Waals surface area contributed by atoms with Gasteiger partial charge in [0.15, 0.2) is 5.82 Å². The summed E-state index contributed by atoms with van der Waals surface area (Å²) in [6.07, 6.45) is 0.523. The van der Waals surface area contributed by atoms with Crippen molar-refractivity contribution in [3.05, 3.63) is 69.0 Å². The molecule has 0 unspecified atom stereocenters. The van der Waals surface area contributed by atoms with Gasteiger partial charge in [0, 0.05) is 18.3 Å². The van der Waals surface area contributed by atoms with Crippen LogP contribution in [0.5, 0.6) is 0 Å². The highest BCUT2D eigenvalue weighted by Crippen LogP contribution is 2.31. The monoisotopic (exact) mass is 322 g/mol. The molecular weight excluding hydrogens is 313 g/mol. The maximum Gasteiger partial charge on any atom is 0.308 e. The molecular formula is C15H9F3N2O3. The van der Waals surface area contributed by atoms with Crippen molar-refractivity contribution in [2.45, 2.75) is 6.42 Å². The molecule has 1 aliphatic rings. The summed E-state index contributed by atoms with van der Waals surface area (Å²) in [6, 6.07) is 7.29. The third-order valence-electron chi connectivity index (χ3n) is 3.69. The number of benzene rings is 2. The van der Waals surface area contributed by atoms with Gasteiger partial charge < -0.3 is 4.90 Å². The van der Waals surface area contributed by atoms with Crippen molar-refractivity contribution in [2.24, 2.45) is 0 Å². The van der Waals surface area contributed by atoms with E-state index < -0.39 is 39.5 Å². The highest BCUT2D eigenvalue weighted by atomic mass is 19.2. The molecule has 0 aliphatic carbocycles. The lowest BCUT2D eigenvalue weighted by molar-refractivity contribution is -0.387. The molecule has 118 valence electrons. The number of nitro benzene ring substituents is 1. The van der Waals surface area contributed by atoms with E-state index >= 15 is 0 Å². The van der Waals surface area contributed by atoms with E-state index in [2.05, 4.69) is 0 Å². The SMILES string of the molecule is O=C(c1cc([N+](=O)[O-])c(F)c(F)c1F)N1CCc2ccccc21. The summed E-state index contributed by atoms with van der Waals surface area (Å²) in [6.45, 7) is 0.227. The van der Waals surface area contributed by atoms with Crippen LogP contribution in [0.3, 0.4) is 0 Å². The Morgan fingerprint density at radius 1 is 1.13 bits per heavy atom. The van der Waals surface area contributed by atoms with Crippen LogP contribution in [0.25, 0.3) is 0 Å². The van der Waals surface area contributed by atoms with E-state index in [4.69, 9.17) is 0 Å². The standard InChI is InChI=1S/C15H9F3N2O3/c16-12-9(7-11(20(22)23)13(17)14(12)18)15(21)19-6-5-8-3-1-2-4-10(8)19/h1-4,7H,5-6H2. The highest BCUT2D eigenvalue weighted by Gasteiger charge is 2.33. The van der Waals surface area contributed by atoms with Crippen LogP contribution in [-0.2, 0) is 6.42 Å². The Hall–Kier alpha value is -2.90. The molecule has 1 heterocycles. The Kier molecular flexibility index (Phi) is 3.51. The van der Waals surface area contributed by atoms with E-state index in [0.717, 1.165) is 5.56 Å². The van der Waals surface area contributed by atoms with Crippen molar-refractivity contribution in [3.63, 3.8) is 0 Å². The molecule has 0 bridgehead atoms. The molecule has 5 nitrogen and oxygen atoms in total. The van der Waals surface area contributed by atoms with Crippen molar-refractivity contribution >= 4 is 17.3 Å². The van der Waals surface area contributed by atoms with E-state index in [1.54, 1.807) is 24.3 Å². The Morgan fingerprint density at radius 2 is 1.83 bits per heavy atom. The van der Waals surface area contributed by atoms with Crippen molar-refractivity contribution < 1.29 is 22.9 Å². The lowest BCUT2D eigenvalue weighted by atomic mass is 10.1. The van der Waals surface area contributed by atoms with Gasteiger partial charge in [0.25, 0.3) is 5.91 Å². The zero-order valence-corrected chi connectivity index (χ0v) is 11.6. The van der Waals surface area contributed by atoms with Crippen LogP contribution in [-0.4, -0.2) is 17.4 Å². The molecule has 0 fully saturated rings. The van der Waals surface area contributed by atoms with E-state index in [1.807, 2.05) is 0 Å². The second-order valence-corrected chi connectivity index (χ2v) is 4.98. The van der Waals surface area contributed by atoms with Gasteiger partial charge in [-0.25, -0.2) is 8.78 Å². The van der Waals surface area contributed by atoms with Crippen molar-refractivity contribution in [1.29, 1.82) is 0 Å². The number of carbonyl (C=O) groups excluding carboxylic acids is 1. The largest absolute Gasteiger partial charge is 0.308 e. The fourth-order valence-electron chi connectivity index (χ4n) is 2.57. The first kappa shape index (κ1) is 15.0. The smallest absolute Gasteiger partial charge is 0.308 e. The summed E-state index contributed by atoms with van der Waals surface area (Å²) in [5.74, 6) is -6.64. The molecule has 23 heavy (non-hydrogen) atoms. The van der Waals surface area contributed by atoms with Crippen LogP contribution in [0.2, 0.25) is 0 Å². The fourth-order valence-corrected chi connectivity index (χ4v) is 2.57. The second-order valence-electron chi connectivity index (χ2n) is 4.98. The number of hydrogen-bond acceptors (Lipinski definition) is 3. The summed E-state index contributed by atoms with van der Waals surface area (Å²) >= 11 is 0. The first-order chi connectivity index (χ1) is 10.9. The zero-order valence-electron chi connectivity index (χ0n) is 11.6. The van der Waals surface area contributed by atoms with Crippen LogP contribution >= 0.6 is 0 Å². The number of nitro groups is 1. The van der Waals surface area contributed by atoms with Gasteiger partial charge in [-0.05, 0) is 18.1 Å². The summed E-state index contributed by atoms with van der Waals surface area (Å²) in [4.78, 5) is 23.2. The van der Waals surface area contributed by atoms with Gasteiger partial charge >= 0.3 is 5.69 Å². The lowest BCUT2D eigenvalue weighted by Crippen LogP contribution is -2.30. The molecule has 0 N–H and O–H groups in total. The number of fused-ring (bicyclic) bond motifs is 1. The lowest BCUT2D eigenvalue weighted by Gasteiger charge is -2.17. The third kappa shape index (κ3) is 2.32. The maximum atomic E-state index is 13.9. The number of para-hydroxylation sites is 1. The van der Waals surface area contributed by atoms with Crippen LogP contribution in [0.4, 0.5) is 24.5 Å². The molecule has 0 radical (unpaired) electrons. The normalized spacial score (nSPS) is 13.1. The first-order valence-corrected chi connectivity index (χ1v) is 6.63. The molecule has 8 heteroatoms. The van der Waals surface area contributed by atoms with Gasteiger partial charge in [-0.2, -0.15) is 4.39 Å². The molecule has 2 aromatic rings. The number of hydrogen-bond donors (Lipinski definition) is 0. The van der Waals surface area contributed by atoms with E-state index in [9.17, 15) is 28.1 Å². The summed E-state index contributed by atoms with van der Waals surface area (Å²) in [5.41, 5.74) is -0.783. The van der Waals surface area contributed by atoms with Crippen molar-refractivity contribution in [2.75, 3.05) is 11.4 Å². The molecule has 2 aromatic carbocycles. The molecule has 1 aliphatic heterocycles. The molecule has 0 atom stereocenters. The zero-order chi connectivity index (χ0) is 16.7. The number of rotatable bonds is 2. The van der Waals surface area contributed by atoms with Crippen molar-refractivity contribution in [1.82, 2.24) is 0 Å². The first-order valence-electron chi connectivity index (χ1n) is 6.63. The topological polar surface area (TPSA) is 63.4 Å². The molecule has 0 aromatic heterocycles. The Bertz CT molecular complexity index is 839. The van der Waals surface area contributed by atoms with Crippen LogP contribution in [0.15, 0.2) is 30.3 Å². The molecule has 1 amide bonds. The Labute approximate surface area is 128 Å². The molecule has 0 spiro atoms. The Morgan fingerprint density at radius 3 is 2.52 bits per heavy atom. The van der Waals surface area contributed by atoms with Gasteiger partial charge in [-0.15, -0.1) is 0 Å². The number of anilines is 1. The number of halogens is 3. The molecule has 0 saturated carbocycles. The number of nitrogens with zero attached hydrogens (tertiary/aromatic N) is 2. The van der Waals surface area contributed by atoms with Gasteiger partial charge in [0.1, 0.15) is 0 Å². The minimum absolute atomic E-state index is 0.227. The average Bonchev–Trinajstić information content (AvgIpc) is 2.96. The maximum absolute atomic E-state index is 13.9. The van der Waals surface area contributed by atoms with Crippen molar-refractivity contribution in [3.8, 4) is 0 Å². The van der Waals surface area contributed by atoms with Gasteiger partial charge in [0.2, 0.25) is 11.6 Å². The van der Waals surface area contributed by atoms with Gasteiger partial charge in [-0.3, -0.25) is 14.9 Å². The van der Waals surface area contributed by atoms with Gasteiger partial charge in [0.05, 0.1) is 10.5 Å². The predicted octanol–water partition coefficient (Wildman–Crippen LogP) is 3.22. The Balaban J connectivity index is 2.09. The number of carbonyl (C=O) groups is 1. The van der Waals surface area contributed by atoms with Gasteiger partial charge in [-0.1, -0.05) is 18.2 Å². The third-order valence-corrected chi connectivity index (χ3v) is 3.69. The number of amides is 1. The second kappa shape index (κ2) is 5.38. The van der Waals surface area contributed by atoms with E-state index in [1.165, 1.54) is 4.90 Å². The summed E-state index contributed by atoms with van der Waals surface area (Å²) in [5, 5.41) is 10.7. The van der Waals surface area contributed by atoms with Crippen LogP contribution < -0.4 is 4.90 Å². The quantitative estimate of drug-likeness (QED) is 0.484. The van der Waals surface area contributed by atoms with E-state index in [0.29, 0.717) is 18.2 Å². The molecule has 0 saturated heterocycles. The fraction of sp³-hybridized carbons (Fsp3) is 0.133. The predicted molar refractivity (Wildman–Crippen MR) is 74.8 cm³/mol. The minimum atomic E-state index is -2.03. The van der Waals surface area contributed by atoms with Crippen LogP contribution in [0.1, 0.15) is 15.9 Å². The summed E-state index contributed by atoms with van der Waals surface area (Å²) in [7, 11) is 0. The van der Waals surface area contributed by atoms with Crippen LogP contribution in [0, 0.1) is 27.6 Å². The van der Waals surface area contributed by atoms with E-state index in [-0.39, 0.29) is 6.54 Å². The molecule has 3 rings (SSSR count). The minimum Gasteiger partial charge on any atom is -0.308 e. The highest BCUT2D eigenvalue weighted by molar-refractivity contribution is 6.07. The summed E-state index contributed by atoms with van der Waals surface area (Å²) < 4.78 is 40.8.